The van der Waals surface area contributed by atoms with Gasteiger partial charge in [0.2, 0.25) is 0 Å². The van der Waals surface area contributed by atoms with E-state index in [0.29, 0.717) is 0 Å². The van der Waals surface area contributed by atoms with Crippen molar-refractivity contribution in [2.24, 2.45) is 0 Å². The van der Waals surface area contributed by atoms with Gasteiger partial charge in [0.05, 0.1) is 33.6 Å². The zero-order valence-corrected chi connectivity index (χ0v) is 27.6. The summed E-state index contributed by atoms with van der Waals surface area (Å²) in [5, 5.41) is 4.46. The molecule has 4 heterocycles. The first-order valence-corrected chi connectivity index (χ1v) is 16.9. The van der Waals surface area contributed by atoms with Gasteiger partial charge in [-0.2, -0.15) is 0 Å². The lowest BCUT2D eigenvalue weighted by Gasteiger charge is -2.16. The van der Waals surface area contributed by atoms with Crippen LogP contribution in [0.15, 0.2) is 150 Å². The van der Waals surface area contributed by atoms with Gasteiger partial charge in [-0.3, -0.25) is 4.57 Å². The molecule has 0 unspecified atom stereocenters. The maximum Gasteiger partial charge on any atom is 0.166 e. The lowest BCUT2D eigenvalue weighted by molar-refractivity contribution is 0.669. The molecule has 6 aromatic carbocycles. The van der Waals surface area contributed by atoms with E-state index in [-0.39, 0.29) is 0 Å². The van der Waals surface area contributed by atoms with Crippen LogP contribution in [-0.2, 0) is 0 Å². The average Bonchev–Trinajstić information content (AvgIpc) is 3.68. The predicted octanol–water partition coefficient (Wildman–Crippen LogP) is 11.6. The van der Waals surface area contributed by atoms with E-state index in [2.05, 4.69) is 134 Å². The molecule has 0 amide bonds. The number of nitrogens with zero attached hydrogens (tertiary/aromatic N) is 4. The van der Waals surface area contributed by atoms with E-state index in [1.54, 1.807) is 0 Å². The molecule has 0 N–H and O–H groups in total. The lowest BCUT2D eigenvalue weighted by Crippen LogP contribution is -2.05. The molecule has 0 aliphatic carbocycles. The minimum absolute atomic E-state index is 0.722. The molecular weight excluding hydrogens is 613 g/mol. The Morgan fingerprint density at radius 1 is 0.460 bits per heavy atom. The third kappa shape index (κ3) is 4.44. The van der Waals surface area contributed by atoms with E-state index in [9.17, 15) is 0 Å². The van der Waals surface area contributed by atoms with E-state index in [1.807, 2.05) is 30.3 Å². The van der Waals surface area contributed by atoms with Gasteiger partial charge in [-0.15, -0.1) is 0 Å². The smallest absolute Gasteiger partial charge is 0.166 e. The van der Waals surface area contributed by atoms with E-state index in [0.717, 1.165) is 94.4 Å². The summed E-state index contributed by atoms with van der Waals surface area (Å²) in [6.07, 6.45) is 0. The second-order valence-corrected chi connectivity index (χ2v) is 13.0. The molecule has 5 nitrogen and oxygen atoms in total. The number of benzene rings is 6. The van der Waals surface area contributed by atoms with Gasteiger partial charge >= 0.3 is 0 Å². The van der Waals surface area contributed by atoms with Crippen molar-refractivity contribution >= 4 is 54.8 Å². The number of aryl methyl sites for hydroxylation is 2. The fraction of sp³-hybridized carbons (Fsp3) is 0.0444. The van der Waals surface area contributed by atoms with Crippen molar-refractivity contribution < 1.29 is 4.42 Å². The van der Waals surface area contributed by atoms with Crippen molar-refractivity contribution in [3.63, 3.8) is 0 Å². The van der Waals surface area contributed by atoms with Crippen LogP contribution in [0.5, 0.6) is 0 Å². The van der Waals surface area contributed by atoms with Crippen LogP contribution in [0.4, 0.5) is 0 Å². The number of fused-ring (bicyclic) bond motifs is 7. The fourth-order valence-electron chi connectivity index (χ4n) is 7.20. The predicted molar refractivity (Wildman–Crippen MR) is 205 cm³/mol. The second-order valence-electron chi connectivity index (χ2n) is 13.0. The molecule has 4 aromatic heterocycles. The van der Waals surface area contributed by atoms with Gasteiger partial charge in [0.25, 0.3) is 0 Å². The first-order valence-electron chi connectivity index (χ1n) is 16.9. The molecule has 0 fully saturated rings. The highest BCUT2D eigenvalue weighted by atomic mass is 16.3. The second kappa shape index (κ2) is 11.0. The number of rotatable bonds is 4. The van der Waals surface area contributed by atoms with E-state index in [1.165, 1.54) is 11.1 Å². The van der Waals surface area contributed by atoms with Crippen LogP contribution in [-0.4, -0.2) is 19.5 Å². The van der Waals surface area contributed by atoms with Crippen molar-refractivity contribution in [1.82, 2.24) is 19.5 Å². The molecule has 0 bridgehead atoms. The first kappa shape index (κ1) is 28.4. The monoisotopic (exact) mass is 642 g/mol. The van der Waals surface area contributed by atoms with Gasteiger partial charge in [-0.05, 0) is 38.1 Å². The minimum Gasteiger partial charge on any atom is -0.456 e. The van der Waals surface area contributed by atoms with Crippen molar-refractivity contribution in [3.05, 3.63) is 157 Å². The summed E-state index contributed by atoms with van der Waals surface area (Å²) in [7, 11) is 0. The van der Waals surface area contributed by atoms with Crippen molar-refractivity contribution in [1.29, 1.82) is 0 Å². The van der Waals surface area contributed by atoms with Gasteiger partial charge in [0, 0.05) is 44.3 Å². The van der Waals surface area contributed by atoms with Gasteiger partial charge in [0.15, 0.2) is 5.82 Å². The van der Waals surface area contributed by atoms with Crippen LogP contribution in [0.1, 0.15) is 11.1 Å². The van der Waals surface area contributed by atoms with Crippen LogP contribution in [0.3, 0.4) is 0 Å². The number of pyridine rings is 1. The summed E-state index contributed by atoms with van der Waals surface area (Å²) in [6, 6.07) is 50.6. The Hall–Kier alpha value is -6.59. The van der Waals surface area contributed by atoms with Crippen molar-refractivity contribution in [2.45, 2.75) is 13.8 Å². The van der Waals surface area contributed by atoms with Gasteiger partial charge < -0.3 is 4.42 Å². The lowest BCUT2D eigenvalue weighted by atomic mass is 10.0. The summed E-state index contributed by atoms with van der Waals surface area (Å²) in [4.78, 5) is 16.4. The number of aromatic nitrogens is 4. The van der Waals surface area contributed by atoms with Crippen molar-refractivity contribution in [2.75, 3.05) is 0 Å². The summed E-state index contributed by atoms with van der Waals surface area (Å²) < 4.78 is 8.67. The Morgan fingerprint density at radius 3 is 1.84 bits per heavy atom. The Labute approximate surface area is 288 Å². The largest absolute Gasteiger partial charge is 0.456 e. The Kier molecular flexibility index (Phi) is 6.24. The minimum atomic E-state index is 0.722. The fourth-order valence-corrected chi connectivity index (χ4v) is 7.20. The van der Waals surface area contributed by atoms with Gasteiger partial charge in [-0.1, -0.05) is 126 Å². The number of hydrogen-bond acceptors (Lipinski definition) is 4. The van der Waals surface area contributed by atoms with Crippen LogP contribution in [0, 0.1) is 13.8 Å². The van der Waals surface area contributed by atoms with Crippen LogP contribution in [0.2, 0.25) is 0 Å². The first-order chi connectivity index (χ1) is 24.6. The van der Waals surface area contributed by atoms with Gasteiger partial charge in [0.1, 0.15) is 16.7 Å². The van der Waals surface area contributed by atoms with Gasteiger partial charge in [-0.25, -0.2) is 15.0 Å². The molecule has 236 valence electrons. The van der Waals surface area contributed by atoms with E-state index >= 15 is 0 Å². The Balaban J connectivity index is 1.35. The number of para-hydroxylation sites is 2. The van der Waals surface area contributed by atoms with Crippen LogP contribution >= 0.6 is 0 Å². The Bertz CT molecular complexity index is 2920. The average molecular weight is 643 g/mol. The quantitative estimate of drug-likeness (QED) is 0.192. The number of hydrogen-bond donors (Lipinski definition) is 0. The zero-order valence-electron chi connectivity index (χ0n) is 27.6. The molecule has 0 atom stereocenters. The SMILES string of the molecule is Cc1ccc(-c2nc3cc(-c4ccccc4)nc(-n4c5ccccc5c5cc6c(cc54)oc4ccccc46)c3nc2-c2ccc(C)cc2)cc1. The van der Waals surface area contributed by atoms with E-state index in [4.69, 9.17) is 19.4 Å². The summed E-state index contributed by atoms with van der Waals surface area (Å²) in [5.41, 5.74) is 13.1. The third-order valence-corrected chi connectivity index (χ3v) is 9.74. The normalized spacial score (nSPS) is 11.8. The van der Waals surface area contributed by atoms with Crippen molar-refractivity contribution in [3.8, 4) is 39.6 Å². The molecule has 0 aliphatic rings. The molecule has 10 aromatic rings. The molecule has 5 heteroatoms. The highest BCUT2D eigenvalue weighted by Gasteiger charge is 2.22. The molecule has 0 spiro atoms. The summed E-state index contributed by atoms with van der Waals surface area (Å²) in [5.74, 6) is 0.722. The van der Waals surface area contributed by atoms with Crippen LogP contribution in [0.25, 0.3) is 94.4 Å². The highest BCUT2D eigenvalue weighted by Crippen LogP contribution is 2.40. The molecule has 0 saturated heterocycles. The molecule has 0 radical (unpaired) electrons. The topological polar surface area (TPSA) is 56.7 Å². The summed E-state index contributed by atoms with van der Waals surface area (Å²) >= 11 is 0. The maximum absolute atomic E-state index is 6.43. The molecule has 50 heavy (non-hydrogen) atoms. The third-order valence-electron chi connectivity index (χ3n) is 9.74. The zero-order chi connectivity index (χ0) is 33.3. The molecular formula is C45H30N4O. The van der Waals surface area contributed by atoms with Crippen LogP contribution < -0.4 is 0 Å². The Morgan fingerprint density at radius 2 is 1.10 bits per heavy atom. The maximum atomic E-state index is 6.43. The molecule has 0 aliphatic heterocycles. The standard InChI is InChI=1S/C45H30N4O/c1-27-16-20-30(21-17-27)42-43(31-22-18-28(2)19-23-31)48-44-37(46-42)25-36(29-10-4-3-5-11-29)47-45(44)49-38-14-8-6-12-32(38)34-24-35-33-13-7-9-15-40(33)50-41(35)26-39(34)49/h3-26H,1-2H3. The van der Waals surface area contributed by atoms with E-state index < -0.39 is 0 Å². The molecule has 10 rings (SSSR count). The number of furan rings is 1. The summed E-state index contributed by atoms with van der Waals surface area (Å²) in [6.45, 7) is 4.21. The highest BCUT2D eigenvalue weighted by molar-refractivity contribution is 6.17. The molecule has 0 saturated carbocycles.